The van der Waals surface area contributed by atoms with Gasteiger partial charge in [0.15, 0.2) is 0 Å². The van der Waals surface area contributed by atoms with Crippen LogP contribution in [0.1, 0.15) is 79.3 Å². The number of aliphatic hydroxyl groups excluding tert-OH is 3. The van der Waals surface area contributed by atoms with E-state index in [1.54, 1.807) is 43.9 Å². The van der Waals surface area contributed by atoms with Crippen LogP contribution in [0.5, 0.6) is 0 Å². The first-order valence-corrected chi connectivity index (χ1v) is 16.0. The van der Waals surface area contributed by atoms with Gasteiger partial charge in [0.05, 0.1) is 36.3 Å². The number of carbonyl (C=O) groups excluding carboxylic acids is 2. The molecule has 8 atom stereocenters. The Kier molecular flexibility index (Phi) is 10.8. The number of ketones is 1. The summed E-state index contributed by atoms with van der Waals surface area (Å²) in [6.07, 6.45) is 4.01. The Morgan fingerprint density at radius 3 is 2.59 bits per heavy atom. The lowest BCUT2D eigenvalue weighted by molar-refractivity contribution is -0.154. The largest absolute Gasteiger partial charge is 0.458 e. The summed E-state index contributed by atoms with van der Waals surface area (Å²) in [6.45, 7) is 11.6. The SMILES string of the molecule is CSc1nc(/C=C(\C)C2C[C@@H]3N(CCO)[C@]3(C)CCC[C@H](C)[C@H](O)[C@@H](C)C(=O)C(C)(C)[C@@H](O)CC(=O)O2)cs1. The molecule has 3 N–H and O–H groups in total. The van der Waals surface area contributed by atoms with Crippen LogP contribution >= 0.6 is 23.1 Å². The van der Waals surface area contributed by atoms with Crippen molar-refractivity contribution in [2.24, 2.45) is 17.3 Å². The van der Waals surface area contributed by atoms with Gasteiger partial charge in [-0.3, -0.25) is 14.5 Å². The average molecular weight is 583 g/mol. The quantitative estimate of drug-likeness (QED) is 0.267. The number of aromatic nitrogens is 1. The van der Waals surface area contributed by atoms with Gasteiger partial charge in [-0.15, -0.1) is 11.3 Å². The first kappa shape index (κ1) is 32.2. The van der Waals surface area contributed by atoms with Crippen LogP contribution in [-0.4, -0.2) is 86.3 Å². The van der Waals surface area contributed by atoms with Gasteiger partial charge in [0.1, 0.15) is 16.2 Å². The monoisotopic (exact) mass is 582 g/mol. The van der Waals surface area contributed by atoms with E-state index in [-0.39, 0.29) is 36.3 Å². The molecule has 0 spiro atoms. The summed E-state index contributed by atoms with van der Waals surface area (Å²) in [6, 6.07) is 0.109. The van der Waals surface area contributed by atoms with E-state index in [0.29, 0.717) is 13.0 Å². The van der Waals surface area contributed by atoms with Gasteiger partial charge in [0.2, 0.25) is 0 Å². The third kappa shape index (κ3) is 7.32. The third-order valence-corrected chi connectivity index (χ3v) is 10.9. The minimum Gasteiger partial charge on any atom is -0.458 e. The Hall–Kier alpha value is -1.30. The third-order valence-electron chi connectivity index (χ3n) is 8.97. The minimum atomic E-state index is -1.25. The summed E-state index contributed by atoms with van der Waals surface area (Å²) in [4.78, 5) is 33.4. The number of hydrogen-bond acceptors (Lipinski definition) is 10. The Morgan fingerprint density at radius 1 is 1.28 bits per heavy atom. The van der Waals surface area contributed by atoms with Gasteiger partial charge in [-0.05, 0) is 50.5 Å². The molecule has 0 aliphatic carbocycles. The fourth-order valence-corrected chi connectivity index (χ4v) is 7.27. The Bertz CT molecular complexity index is 1040. The zero-order chi connectivity index (χ0) is 29.1. The van der Waals surface area contributed by atoms with E-state index in [9.17, 15) is 24.9 Å². The summed E-state index contributed by atoms with van der Waals surface area (Å²) in [7, 11) is 0. The minimum absolute atomic E-state index is 0.0394. The molecule has 3 rings (SSSR count). The second-order valence-corrected chi connectivity index (χ2v) is 14.0. The molecule has 0 aromatic carbocycles. The highest BCUT2D eigenvalue weighted by molar-refractivity contribution is 8.00. The van der Waals surface area contributed by atoms with Crippen LogP contribution in [0.15, 0.2) is 15.3 Å². The summed E-state index contributed by atoms with van der Waals surface area (Å²) >= 11 is 3.14. The van der Waals surface area contributed by atoms with Gasteiger partial charge >= 0.3 is 5.97 Å². The molecule has 2 unspecified atom stereocenters. The number of nitrogens with zero attached hydrogens (tertiary/aromatic N) is 2. The van der Waals surface area contributed by atoms with E-state index in [4.69, 9.17) is 4.74 Å². The van der Waals surface area contributed by atoms with E-state index in [2.05, 4.69) is 16.8 Å². The first-order valence-electron chi connectivity index (χ1n) is 13.9. The molecule has 220 valence electrons. The number of thiazole rings is 1. The van der Waals surface area contributed by atoms with Crippen LogP contribution in [0.25, 0.3) is 6.08 Å². The first-order chi connectivity index (χ1) is 18.3. The van der Waals surface area contributed by atoms with Crippen molar-refractivity contribution in [3.05, 3.63) is 16.6 Å². The van der Waals surface area contributed by atoms with Crippen molar-refractivity contribution in [1.82, 2.24) is 9.88 Å². The predicted molar refractivity (Wildman–Crippen MR) is 156 cm³/mol. The normalized spacial score (nSPS) is 36.8. The highest BCUT2D eigenvalue weighted by Gasteiger charge is 2.58. The molecule has 2 aliphatic rings. The smallest absolute Gasteiger partial charge is 0.309 e. The predicted octanol–water partition coefficient (Wildman–Crippen LogP) is 4.17. The number of esters is 1. The van der Waals surface area contributed by atoms with Crippen LogP contribution < -0.4 is 0 Å². The zero-order valence-electron chi connectivity index (χ0n) is 24.3. The lowest BCUT2D eigenvalue weighted by Gasteiger charge is -2.34. The van der Waals surface area contributed by atoms with Gasteiger partial charge in [-0.2, -0.15) is 0 Å². The number of hydrogen-bond donors (Lipinski definition) is 3. The number of carbonyl (C=O) groups is 2. The van der Waals surface area contributed by atoms with Crippen LogP contribution in [0.2, 0.25) is 0 Å². The molecule has 10 heteroatoms. The molecule has 8 nitrogen and oxygen atoms in total. The standard InChI is InChI=1S/C29H46N2O6S2/c1-17-9-8-10-29(6)22(31(29)11-12-32)14-21(18(2)13-20-16-39-27(30-20)38-7)37-24(34)15-23(33)28(4,5)26(36)19(3)25(17)35/h13,16-17,19,21-23,25,32-33,35H,8-12,14-15H2,1-7H3/b18-13+/t17-,19+,21?,22-,23-,25-,29+,31?/m0/s1. The van der Waals surface area contributed by atoms with Gasteiger partial charge in [-0.1, -0.05) is 45.9 Å². The van der Waals surface area contributed by atoms with Gasteiger partial charge in [-0.25, -0.2) is 4.98 Å². The van der Waals surface area contributed by atoms with Gasteiger partial charge in [0, 0.05) is 35.8 Å². The van der Waals surface area contributed by atoms with Crippen molar-refractivity contribution in [2.75, 3.05) is 19.4 Å². The fraction of sp³-hybridized carbons (Fsp3) is 0.759. The molecule has 2 saturated heterocycles. The van der Waals surface area contributed by atoms with E-state index in [1.165, 1.54) is 0 Å². The van der Waals surface area contributed by atoms with Crippen molar-refractivity contribution in [3.63, 3.8) is 0 Å². The lowest BCUT2D eigenvalue weighted by Crippen LogP contribution is -2.45. The molecule has 0 radical (unpaired) electrons. The van der Waals surface area contributed by atoms with Crippen LogP contribution in [0, 0.1) is 17.3 Å². The number of aliphatic hydroxyl groups is 3. The second kappa shape index (κ2) is 13.1. The lowest BCUT2D eigenvalue weighted by atomic mass is 9.73. The molecule has 0 amide bonds. The maximum atomic E-state index is 13.3. The van der Waals surface area contributed by atoms with Crippen molar-refractivity contribution >= 4 is 40.9 Å². The highest BCUT2D eigenvalue weighted by atomic mass is 32.2. The van der Waals surface area contributed by atoms with Crippen molar-refractivity contribution in [2.45, 2.75) is 108 Å². The van der Waals surface area contributed by atoms with Crippen molar-refractivity contribution in [3.8, 4) is 0 Å². The van der Waals surface area contributed by atoms with Crippen molar-refractivity contribution < 1.29 is 29.6 Å². The summed E-state index contributed by atoms with van der Waals surface area (Å²) in [5.74, 6) is -1.61. The maximum Gasteiger partial charge on any atom is 0.309 e. The highest BCUT2D eigenvalue weighted by Crippen LogP contribution is 2.48. The van der Waals surface area contributed by atoms with Crippen LogP contribution in [0.4, 0.5) is 0 Å². The number of cyclic esters (lactones) is 1. The molecule has 0 saturated carbocycles. The maximum absolute atomic E-state index is 13.3. The van der Waals surface area contributed by atoms with Crippen LogP contribution in [-0.2, 0) is 14.3 Å². The molecule has 1 aromatic heterocycles. The van der Waals surface area contributed by atoms with E-state index in [0.717, 1.165) is 34.9 Å². The molecule has 39 heavy (non-hydrogen) atoms. The van der Waals surface area contributed by atoms with E-state index >= 15 is 0 Å². The molecular weight excluding hydrogens is 536 g/mol. The fourth-order valence-electron chi connectivity index (χ4n) is 6.05. The van der Waals surface area contributed by atoms with Crippen molar-refractivity contribution in [1.29, 1.82) is 0 Å². The van der Waals surface area contributed by atoms with E-state index < -0.39 is 35.6 Å². The molecule has 2 aliphatic heterocycles. The van der Waals surface area contributed by atoms with E-state index in [1.807, 2.05) is 31.6 Å². The number of ether oxygens (including phenoxy) is 1. The zero-order valence-corrected chi connectivity index (χ0v) is 26.0. The molecule has 1 aromatic rings. The number of Topliss-reactive ketones (excluding diaryl/α,β-unsaturated/α-hetero) is 1. The second-order valence-electron chi connectivity index (χ2n) is 12.1. The Balaban J connectivity index is 1.93. The Labute approximate surface area is 241 Å². The number of thioether (sulfide) groups is 1. The molecule has 3 heterocycles. The van der Waals surface area contributed by atoms with Gasteiger partial charge in [0.25, 0.3) is 0 Å². The average Bonchev–Trinajstić information content (AvgIpc) is 3.19. The molecule has 2 fully saturated rings. The molecule has 0 bridgehead atoms. The van der Waals surface area contributed by atoms with Crippen LogP contribution in [0.3, 0.4) is 0 Å². The number of fused-ring (bicyclic) bond motifs is 1. The topological polar surface area (TPSA) is 120 Å². The summed E-state index contributed by atoms with van der Waals surface area (Å²) in [5.41, 5.74) is 0.281. The summed E-state index contributed by atoms with van der Waals surface area (Å²) in [5, 5.41) is 33.7. The summed E-state index contributed by atoms with van der Waals surface area (Å²) < 4.78 is 6.96. The number of rotatable bonds is 5. The Morgan fingerprint density at radius 2 is 1.97 bits per heavy atom. The molecular formula is C29H46N2O6S2. The van der Waals surface area contributed by atoms with Gasteiger partial charge < -0.3 is 20.1 Å². The number of β-amino-alcohol motifs (C(OH)–C–C–N with tert-alkyl or cyclic N) is 1.